The molecule has 1 aromatic carbocycles. The van der Waals surface area contributed by atoms with Gasteiger partial charge in [-0.15, -0.1) is 0 Å². The van der Waals surface area contributed by atoms with Crippen molar-refractivity contribution in [1.82, 2.24) is 5.32 Å². The molecule has 0 aliphatic heterocycles. The lowest BCUT2D eigenvalue weighted by Crippen LogP contribution is -2.25. The summed E-state index contributed by atoms with van der Waals surface area (Å²) in [7, 11) is 0. The monoisotopic (exact) mass is 233 g/mol. The summed E-state index contributed by atoms with van der Waals surface area (Å²) >= 11 is 0. The Kier molecular flexibility index (Phi) is 4.43. The smallest absolute Gasteiger partial charge is 0.119 e. The minimum absolute atomic E-state index is 0.719. The molecule has 0 radical (unpaired) electrons. The van der Waals surface area contributed by atoms with Crippen LogP contribution < -0.4 is 10.1 Å². The standard InChI is InChI=1S/C15H23NO/c1-3-16-14-8-5-13(11-14)12-6-9-15(10-7-12)17-4-2/h6-7,9-10,13-14,16H,3-5,8,11H2,1-2H3. The van der Waals surface area contributed by atoms with Crippen LogP contribution in [0.2, 0.25) is 0 Å². The highest BCUT2D eigenvalue weighted by Crippen LogP contribution is 2.34. The maximum Gasteiger partial charge on any atom is 0.119 e. The third-order valence-corrected chi connectivity index (χ3v) is 3.59. The van der Waals surface area contributed by atoms with E-state index in [1.807, 2.05) is 6.92 Å². The highest BCUT2D eigenvalue weighted by atomic mass is 16.5. The average molecular weight is 233 g/mol. The number of rotatable bonds is 5. The van der Waals surface area contributed by atoms with Gasteiger partial charge in [-0.3, -0.25) is 0 Å². The SMILES string of the molecule is CCNC1CCC(c2ccc(OCC)cc2)C1. The second-order valence-electron chi connectivity index (χ2n) is 4.77. The molecule has 1 N–H and O–H groups in total. The first-order valence-corrected chi connectivity index (χ1v) is 6.79. The predicted octanol–water partition coefficient (Wildman–Crippen LogP) is 3.33. The van der Waals surface area contributed by atoms with E-state index in [1.165, 1.54) is 24.8 Å². The van der Waals surface area contributed by atoms with Crippen LogP contribution in [0.1, 0.15) is 44.6 Å². The Hall–Kier alpha value is -1.02. The Balaban J connectivity index is 1.94. The Bertz CT molecular complexity index is 333. The summed E-state index contributed by atoms with van der Waals surface area (Å²) in [5, 5.41) is 3.55. The summed E-state index contributed by atoms with van der Waals surface area (Å²) < 4.78 is 5.47. The normalized spacial score (nSPS) is 23.9. The molecule has 94 valence electrons. The third kappa shape index (κ3) is 3.22. The van der Waals surface area contributed by atoms with E-state index in [2.05, 4.69) is 36.5 Å². The first-order valence-electron chi connectivity index (χ1n) is 6.79. The maximum absolute atomic E-state index is 5.47. The van der Waals surface area contributed by atoms with Gasteiger partial charge in [0.15, 0.2) is 0 Å². The van der Waals surface area contributed by atoms with Crippen molar-refractivity contribution in [3.63, 3.8) is 0 Å². The predicted molar refractivity (Wildman–Crippen MR) is 71.7 cm³/mol. The van der Waals surface area contributed by atoms with E-state index in [9.17, 15) is 0 Å². The lowest BCUT2D eigenvalue weighted by Gasteiger charge is -2.13. The molecule has 1 saturated carbocycles. The zero-order valence-electron chi connectivity index (χ0n) is 10.9. The van der Waals surface area contributed by atoms with Crippen molar-refractivity contribution in [3.05, 3.63) is 29.8 Å². The largest absolute Gasteiger partial charge is 0.494 e. The van der Waals surface area contributed by atoms with Crippen LogP contribution in [-0.4, -0.2) is 19.2 Å². The van der Waals surface area contributed by atoms with Gasteiger partial charge in [-0.2, -0.15) is 0 Å². The van der Waals surface area contributed by atoms with Crippen LogP contribution in [0.3, 0.4) is 0 Å². The van der Waals surface area contributed by atoms with E-state index in [-0.39, 0.29) is 0 Å². The van der Waals surface area contributed by atoms with Crippen molar-refractivity contribution in [2.75, 3.05) is 13.2 Å². The molecular weight excluding hydrogens is 210 g/mol. The van der Waals surface area contributed by atoms with Crippen molar-refractivity contribution in [2.24, 2.45) is 0 Å². The number of ether oxygens (including phenoxy) is 1. The Labute approximate surface area is 104 Å². The molecule has 1 aliphatic rings. The summed E-state index contributed by atoms with van der Waals surface area (Å²) in [6.07, 6.45) is 3.90. The molecule has 2 rings (SSSR count). The zero-order valence-corrected chi connectivity index (χ0v) is 10.9. The number of nitrogens with one attached hydrogen (secondary N) is 1. The van der Waals surface area contributed by atoms with Crippen LogP contribution in [0.25, 0.3) is 0 Å². The van der Waals surface area contributed by atoms with Crippen LogP contribution in [0.5, 0.6) is 5.75 Å². The molecule has 1 aromatic rings. The number of hydrogen-bond acceptors (Lipinski definition) is 2. The molecule has 1 aliphatic carbocycles. The van der Waals surface area contributed by atoms with Crippen molar-refractivity contribution in [2.45, 2.75) is 45.1 Å². The summed E-state index contributed by atoms with van der Waals surface area (Å²) in [4.78, 5) is 0. The van der Waals surface area contributed by atoms with Gasteiger partial charge in [0.2, 0.25) is 0 Å². The van der Waals surface area contributed by atoms with Crippen molar-refractivity contribution >= 4 is 0 Å². The number of hydrogen-bond donors (Lipinski definition) is 1. The fraction of sp³-hybridized carbons (Fsp3) is 0.600. The van der Waals surface area contributed by atoms with E-state index < -0.39 is 0 Å². The molecule has 2 heteroatoms. The van der Waals surface area contributed by atoms with Crippen LogP contribution in [0.15, 0.2) is 24.3 Å². The molecule has 0 bridgehead atoms. The van der Waals surface area contributed by atoms with Gasteiger partial charge in [-0.05, 0) is 56.3 Å². The van der Waals surface area contributed by atoms with E-state index in [0.717, 1.165) is 30.9 Å². The van der Waals surface area contributed by atoms with Gasteiger partial charge >= 0.3 is 0 Å². The molecule has 17 heavy (non-hydrogen) atoms. The highest BCUT2D eigenvalue weighted by molar-refractivity contribution is 5.30. The van der Waals surface area contributed by atoms with Gasteiger partial charge in [-0.25, -0.2) is 0 Å². The molecule has 2 unspecified atom stereocenters. The quantitative estimate of drug-likeness (QED) is 0.842. The first kappa shape index (κ1) is 12.4. The second kappa shape index (κ2) is 6.06. The lowest BCUT2D eigenvalue weighted by molar-refractivity contribution is 0.340. The fourth-order valence-electron chi connectivity index (χ4n) is 2.76. The molecule has 0 amide bonds. The molecule has 2 nitrogen and oxygen atoms in total. The zero-order chi connectivity index (χ0) is 12.1. The Morgan fingerprint density at radius 2 is 1.94 bits per heavy atom. The van der Waals surface area contributed by atoms with E-state index in [0.29, 0.717) is 0 Å². The Morgan fingerprint density at radius 1 is 1.18 bits per heavy atom. The van der Waals surface area contributed by atoms with Gasteiger partial charge in [-0.1, -0.05) is 19.1 Å². The Morgan fingerprint density at radius 3 is 2.59 bits per heavy atom. The van der Waals surface area contributed by atoms with Crippen molar-refractivity contribution in [3.8, 4) is 5.75 Å². The topological polar surface area (TPSA) is 21.3 Å². The summed E-state index contributed by atoms with van der Waals surface area (Å²) in [6.45, 7) is 6.03. The highest BCUT2D eigenvalue weighted by Gasteiger charge is 2.24. The summed E-state index contributed by atoms with van der Waals surface area (Å²) in [5.74, 6) is 1.72. The van der Waals surface area contributed by atoms with Gasteiger partial charge in [0.1, 0.15) is 5.75 Å². The molecule has 0 spiro atoms. The molecular formula is C15H23NO. The van der Waals surface area contributed by atoms with Crippen LogP contribution in [0.4, 0.5) is 0 Å². The fourth-order valence-corrected chi connectivity index (χ4v) is 2.76. The minimum Gasteiger partial charge on any atom is -0.494 e. The first-order chi connectivity index (χ1) is 8.33. The van der Waals surface area contributed by atoms with E-state index in [4.69, 9.17) is 4.74 Å². The summed E-state index contributed by atoms with van der Waals surface area (Å²) in [6, 6.07) is 9.36. The van der Waals surface area contributed by atoms with Gasteiger partial charge in [0, 0.05) is 6.04 Å². The van der Waals surface area contributed by atoms with Crippen LogP contribution in [-0.2, 0) is 0 Å². The molecule has 2 atom stereocenters. The molecule has 0 aromatic heterocycles. The van der Waals surface area contributed by atoms with Crippen molar-refractivity contribution in [1.29, 1.82) is 0 Å². The van der Waals surface area contributed by atoms with Gasteiger partial charge < -0.3 is 10.1 Å². The third-order valence-electron chi connectivity index (χ3n) is 3.59. The minimum atomic E-state index is 0.719. The summed E-state index contributed by atoms with van der Waals surface area (Å²) in [5.41, 5.74) is 1.47. The van der Waals surface area contributed by atoms with Gasteiger partial charge in [0.05, 0.1) is 6.61 Å². The van der Waals surface area contributed by atoms with E-state index in [1.54, 1.807) is 0 Å². The second-order valence-corrected chi connectivity index (χ2v) is 4.77. The van der Waals surface area contributed by atoms with Crippen LogP contribution in [0, 0.1) is 0 Å². The van der Waals surface area contributed by atoms with Crippen molar-refractivity contribution < 1.29 is 4.74 Å². The maximum atomic E-state index is 5.47. The number of benzene rings is 1. The molecule has 0 saturated heterocycles. The van der Waals surface area contributed by atoms with Gasteiger partial charge in [0.25, 0.3) is 0 Å². The molecule has 1 fully saturated rings. The van der Waals surface area contributed by atoms with E-state index >= 15 is 0 Å². The van der Waals surface area contributed by atoms with Crippen LogP contribution >= 0.6 is 0 Å². The lowest BCUT2D eigenvalue weighted by atomic mass is 9.97. The average Bonchev–Trinajstić information content (AvgIpc) is 2.80. The molecule has 0 heterocycles.